The number of nitrogens with zero attached hydrogens (tertiary/aromatic N) is 1. The number of rotatable bonds is 4. The Morgan fingerprint density at radius 1 is 1.20 bits per heavy atom. The van der Waals surface area contributed by atoms with Gasteiger partial charge in [-0.05, 0) is 56.2 Å². The number of carbonyl (C=O) groups excluding carboxylic acids is 2. The number of halogens is 1. The molecule has 4 rings (SSSR count). The van der Waals surface area contributed by atoms with Gasteiger partial charge in [0, 0.05) is 36.9 Å². The van der Waals surface area contributed by atoms with Crippen LogP contribution in [0.5, 0.6) is 5.75 Å². The summed E-state index contributed by atoms with van der Waals surface area (Å²) in [7, 11) is 0. The van der Waals surface area contributed by atoms with Crippen molar-refractivity contribution in [2.45, 2.75) is 83.7 Å². The van der Waals surface area contributed by atoms with Gasteiger partial charge in [-0.15, -0.1) is 0 Å². The molecule has 3 aliphatic rings. The smallest absolute Gasteiger partial charge is 0.225 e. The van der Waals surface area contributed by atoms with Gasteiger partial charge in [-0.3, -0.25) is 9.59 Å². The first-order valence-electron chi connectivity index (χ1n) is 11.7. The summed E-state index contributed by atoms with van der Waals surface area (Å²) in [5.74, 6) is 2.08. The number of piperidine rings is 1. The van der Waals surface area contributed by atoms with E-state index < -0.39 is 5.60 Å². The molecule has 0 atom stereocenters. The lowest BCUT2D eigenvalue weighted by molar-refractivity contribution is -0.140. The molecule has 0 N–H and O–H groups in total. The molecule has 1 saturated carbocycles. The predicted octanol–water partition coefficient (Wildman–Crippen LogP) is 5.97. The maximum Gasteiger partial charge on any atom is 0.225 e. The van der Waals surface area contributed by atoms with Crippen molar-refractivity contribution in [2.24, 2.45) is 11.8 Å². The van der Waals surface area contributed by atoms with E-state index in [1.54, 1.807) is 6.07 Å². The number of likely N-dealkylation sites (tertiary alicyclic amines) is 1. The van der Waals surface area contributed by atoms with Crippen molar-refractivity contribution in [1.29, 1.82) is 0 Å². The fourth-order valence-corrected chi connectivity index (χ4v) is 5.64. The molecular weight excluding hydrogens is 398 g/mol. The second-order valence-electron chi connectivity index (χ2n) is 9.67. The first kappa shape index (κ1) is 21.7. The van der Waals surface area contributed by atoms with Crippen LogP contribution in [0.3, 0.4) is 0 Å². The highest BCUT2D eigenvalue weighted by Crippen LogP contribution is 2.42. The summed E-state index contributed by atoms with van der Waals surface area (Å²) < 4.78 is 6.37. The normalized spacial score (nSPS) is 25.7. The number of ketones is 1. The zero-order chi connectivity index (χ0) is 21.3. The predicted molar refractivity (Wildman–Crippen MR) is 119 cm³/mol. The maximum absolute atomic E-state index is 13.1. The molecule has 1 aliphatic carbocycles. The number of carbonyl (C=O) groups is 2. The molecule has 0 aromatic heterocycles. The Morgan fingerprint density at radius 2 is 1.90 bits per heavy atom. The molecule has 0 radical (unpaired) electrons. The van der Waals surface area contributed by atoms with Crippen LogP contribution in [0.25, 0.3) is 0 Å². The number of hydrogen-bond acceptors (Lipinski definition) is 3. The van der Waals surface area contributed by atoms with Crippen LogP contribution in [-0.4, -0.2) is 35.3 Å². The summed E-state index contributed by atoms with van der Waals surface area (Å²) in [6.07, 6.45) is 10.2. The van der Waals surface area contributed by atoms with Crippen molar-refractivity contribution in [2.75, 3.05) is 13.1 Å². The van der Waals surface area contributed by atoms with Gasteiger partial charge < -0.3 is 9.64 Å². The van der Waals surface area contributed by atoms with Crippen LogP contribution >= 0.6 is 11.6 Å². The second kappa shape index (κ2) is 8.90. The van der Waals surface area contributed by atoms with E-state index in [-0.39, 0.29) is 11.7 Å². The molecule has 1 aromatic carbocycles. The monoisotopic (exact) mass is 431 g/mol. The van der Waals surface area contributed by atoms with Crippen molar-refractivity contribution in [3.63, 3.8) is 0 Å². The van der Waals surface area contributed by atoms with Gasteiger partial charge in [0.25, 0.3) is 0 Å². The number of amides is 1. The van der Waals surface area contributed by atoms with E-state index in [1.165, 1.54) is 32.1 Å². The number of aryl methyl sites for hydroxylation is 1. The van der Waals surface area contributed by atoms with Crippen LogP contribution in [0.15, 0.2) is 12.1 Å². The Balaban J connectivity index is 1.34. The summed E-state index contributed by atoms with van der Waals surface area (Å²) in [5.41, 5.74) is 1.04. The van der Waals surface area contributed by atoms with Crippen LogP contribution in [-0.2, 0) is 4.79 Å². The molecule has 0 bridgehead atoms. The molecule has 0 unspecified atom stereocenters. The lowest BCUT2D eigenvalue weighted by atomic mass is 9.78. The van der Waals surface area contributed by atoms with Gasteiger partial charge >= 0.3 is 0 Å². The minimum absolute atomic E-state index is 0.100. The molecule has 1 spiro atoms. The maximum atomic E-state index is 13.1. The van der Waals surface area contributed by atoms with Crippen molar-refractivity contribution in [1.82, 2.24) is 4.90 Å². The van der Waals surface area contributed by atoms with Crippen LogP contribution in [0.4, 0.5) is 0 Å². The fourth-order valence-electron chi connectivity index (χ4n) is 5.48. The molecule has 1 saturated heterocycles. The Bertz CT molecular complexity index is 805. The molecule has 5 heteroatoms. The molecule has 2 aliphatic heterocycles. The molecule has 2 heterocycles. The number of unbranched alkanes of at least 4 members (excludes halogenated alkanes) is 1. The summed E-state index contributed by atoms with van der Waals surface area (Å²) in [5, 5.41) is 0.603. The Kier molecular flexibility index (Phi) is 6.43. The zero-order valence-corrected chi connectivity index (χ0v) is 19.1. The number of fused-ring (bicyclic) bond motifs is 1. The number of Topliss-reactive ketones (excluding diaryl/α,β-unsaturated/α-hetero) is 1. The van der Waals surface area contributed by atoms with Crippen molar-refractivity contribution in [3.8, 4) is 5.75 Å². The minimum Gasteiger partial charge on any atom is -0.486 e. The van der Waals surface area contributed by atoms with Gasteiger partial charge in [0.15, 0.2) is 5.78 Å². The summed E-state index contributed by atoms with van der Waals surface area (Å²) in [6.45, 7) is 5.54. The van der Waals surface area contributed by atoms with Gasteiger partial charge in [0.2, 0.25) is 5.91 Å². The van der Waals surface area contributed by atoms with Crippen LogP contribution in [0.1, 0.15) is 87.1 Å². The summed E-state index contributed by atoms with van der Waals surface area (Å²) in [6, 6.07) is 3.61. The average Bonchev–Trinajstić information content (AvgIpc) is 2.74. The van der Waals surface area contributed by atoms with Gasteiger partial charge in [-0.25, -0.2) is 0 Å². The number of benzene rings is 1. The molecular formula is C25H34ClNO3. The van der Waals surface area contributed by atoms with Gasteiger partial charge in [0.1, 0.15) is 11.4 Å². The highest BCUT2D eigenvalue weighted by Gasteiger charge is 2.44. The zero-order valence-electron chi connectivity index (χ0n) is 18.3. The fraction of sp³-hybridized carbons (Fsp3) is 0.680. The van der Waals surface area contributed by atoms with Crippen molar-refractivity contribution < 1.29 is 14.3 Å². The van der Waals surface area contributed by atoms with E-state index in [0.29, 0.717) is 41.8 Å². The molecule has 30 heavy (non-hydrogen) atoms. The standard InChI is InChI=1S/C25H34ClNO3/c1-3-4-5-18-6-8-19(9-7-18)24(29)27-12-10-25(11-13-27)16-22(28)20-15-21(26)17(2)14-23(20)30-25/h14-15,18-19H,3-13,16H2,1-2H3. The lowest BCUT2D eigenvalue weighted by Crippen LogP contribution is -2.53. The van der Waals surface area contributed by atoms with Crippen molar-refractivity contribution in [3.05, 3.63) is 28.3 Å². The first-order chi connectivity index (χ1) is 14.4. The second-order valence-corrected chi connectivity index (χ2v) is 10.1. The van der Waals surface area contributed by atoms with Crippen LogP contribution in [0.2, 0.25) is 5.02 Å². The highest BCUT2D eigenvalue weighted by atomic mass is 35.5. The van der Waals surface area contributed by atoms with E-state index in [1.807, 2.05) is 17.9 Å². The SMILES string of the molecule is CCCCC1CCC(C(=O)N2CCC3(CC2)CC(=O)c2cc(Cl)c(C)cc2O3)CC1. The quantitative estimate of drug-likeness (QED) is 0.589. The summed E-state index contributed by atoms with van der Waals surface area (Å²) in [4.78, 5) is 27.9. The van der Waals surface area contributed by atoms with E-state index >= 15 is 0 Å². The Hall–Kier alpha value is -1.55. The van der Waals surface area contributed by atoms with E-state index in [4.69, 9.17) is 16.3 Å². The Morgan fingerprint density at radius 3 is 2.57 bits per heavy atom. The molecule has 4 nitrogen and oxygen atoms in total. The molecule has 1 aromatic rings. The van der Waals surface area contributed by atoms with Gasteiger partial charge in [0.05, 0.1) is 12.0 Å². The number of hydrogen-bond donors (Lipinski definition) is 0. The lowest BCUT2D eigenvalue weighted by Gasteiger charge is -2.45. The topological polar surface area (TPSA) is 46.6 Å². The van der Waals surface area contributed by atoms with Crippen LogP contribution < -0.4 is 4.74 Å². The summed E-state index contributed by atoms with van der Waals surface area (Å²) >= 11 is 6.20. The molecule has 164 valence electrons. The highest BCUT2D eigenvalue weighted by molar-refractivity contribution is 6.31. The third-order valence-electron chi connectivity index (χ3n) is 7.52. The Labute approximate surface area is 185 Å². The first-order valence-corrected chi connectivity index (χ1v) is 12.1. The number of ether oxygens (including phenoxy) is 1. The third kappa shape index (κ3) is 4.39. The van der Waals surface area contributed by atoms with Gasteiger partial charge in [-0.2, -0.15) is 0 Å². The molecule has 2 fully saturated rings. The largest absolute Gasteiger partial charge is 0.486 e. The molecule has 1 amide bonds. The van der Waals surface area contributed by atoms with E-state index in [2.05, 4.69) is 6.92 Å². The van der Waals surface area contributed by atoms with Crippen LogP contribution in [0, 0.1) is 18.8 Å². The average molecular weight is 432 g/mol. The van der Waals surface area contributed by atoms with Gasteiger partial charge in [-0.1, -0.05) is 37.8 Å². The third-order valence-corrected chi connectivity index (χ3v) is 7.93. The minimum atomic E-state index is -0.473. The van der Waals surface area contributed by atoms with E-state index in [9.17, 15) is 9.59 Å². The van der Waals surface area contributed by atoms with Crippen molar-refractivity contribution >= 4 is 23.3 Å². The van der Waals surface area contributed by atoms with E-state index in [0.717, 1.165) is 37.2 Å².